The summed E-state index contributed by atoms with van der Waals surface area (Å²) in [5.41, 5.74) is 2.24. The van der Waals surface area contributed by atoms with Crippen molar-refractivity contribution in [1.29, 1.82) is 0 Å². The summed E-state index contributed by atoms with van der Waals surface area (Å²) < 4.78 is 32.6. The molecule has 0 radical (unpaired) electrons. The second kappa shape index (κ2) is 8.60. The number of carbonyl (C=O) groups excluding carboxylic acids is 1. The molecule has 1 aliphatic rings. The highest BCUT2D eigenvalue weighted by Crippen LogP contribution is 2.20. The molecule has 0 unspecified atom stereocenters. The number of aromatic nitrogens is 1. The molecule has 0 saturated carbocycles. The van der Waals surface area contributed by atoms with Gasteiger partial charge in [-0.15, -0.1) is 0 Å². The number of aryl methyl sites for hydroxylation is 1. The predicted octanol–water partition coefficient (Wildman–Crippen LogP) is 1.95. The molecule has 1 aromatic heterocycles. The first-order chi connectivity index (χ1) is 13.0. The fourth-order valence-electron chi connectivity index (χ4n) is 3.04. The minimum absolute atomic E-state index is 0.0301. The first-order valence-electron chi connectivity index (χ1n) is 8.77. The van der Waals surface area contributed by atoms with Gasteiger partial charge in [-0.25, -0.2) is 8.42 Å². The van der Waals surface area contributed by atoms with Crippen LogP contribution in [0.4, 0.5) is 5.69 Å². The zero-order valence-electron chi connectivity index (χ0n) is 15.2. The number of amides is 1. The molecule has 0 spiro atoms. The molecule has 1 N–H and O–H groups in total. The topological polar surface area (TPSA) is 88.6 Å². The summed E-state index contributed by atoms with van der Waals surface area (Å²) in [5, 5.41) is 2.80. The van der Waals surface area contributed by atoms with E-state index in [1.807, 2.05) is 25.1 Å². The molecule has 1 fully saturated rings. The SMILES string of the molecule is Cc1ccncc1NC(=O)C[C@@H]1COCCN1S(=O)(=O)Cc1ccccc1. The third-order valence-electron chi connectivity index (χ3n) is 4.46. The van der Waals surface area contributed by atoms with Crippen molar-refractivity contribution in [3.63, 3.8) is 0 Å². The minimum Gasteiger partial charge on any atom is -0.378 e. The Labute approximate surface area is 159 Å². The second-order valence-electron chi connectivity index (χ2n) is 6.52. The van der Waals surface area contributed by atoms with Crippen molar-refractivity contribution in [3.8, 4) is 0 Å². The highest BCUT2D eigenvalue weighted by atomic mass is 32.2. The smallest absolute Gasteiger partial charge is 0.226 e. The largest absolute Gasteiger partial charge is 0.378 e. The molecule has 2 heterocycles. The number of rotatable bonds is 6. The van der Waals surface area contributed by atoms with E-state index in [1.165, 1.54) is 4.31 Å². The van der Waals surface area contributed by atoms with E-state index >= 15 is 0 Å². The lowest BCUT2D eigenvalue weighted by atomic mass is 10.2. The van der Waals surface area contributed by atoms with Crippen LogP contribution in [0.1, 0.15) is 17.5 Å². The molecule has 1 saturated heterocycles. The second-order valence-corrected chi connectivity index (χ2v) is 8.45. The van der Waals surface area contributed by atoms with E-state index in [0.29, 0.717) is 12.3 Å². The number of pyridine rings is 1. The summed E-state index contributed by atoms with van der Waals surface area (Å²) in [7, 11) is -3.55. The molecule has 1 atom stereocenters. The van der Waals surface area contributed by atoms with Gasteiger partial charge in [0.05, 0.1) is 36.9 Å². The fourth-order valence-corrected chi connectivity index (χ4v) is 4.77. The monoisotopic (exact) mass is 389 g/mol. The quantitative estimate of drug-likeness (QED) is 0.816. The van der Waals surface area contributed by atoms with Crippen LogP contribution in [0.15, 0.2) is 48.8 Å². The zero-order valence-corrected chi connectivity index (χ0v) is 16.0. The molecule has 0 aliphatic carbocycles. The number of hydrogen-bond donors (Lipinski definition) is 1. The fraction of sp³-hybridized carbons (Fsp3) is 0.368. The molecule has 27 heavy (non-hydrogen) atoms. The lowest BCUT2D eigenvalue weighted by molar-refractivity contribution is -0.118. The van der Waals surface area contributed by atoms with Crippen LogP contribution in [0.25, 0.3) is 0 Å². The van der Waals surface area contributed by atoms with Gasteiger partial charge in [-0.05, 0) is 24.1 Å². The van der Waals surface area contributed by atoms with Gasteiger partial charge in [0.15, 0.2) is 0 Å². The van der Waals surface area contributed by atoms with Crippen LogP contribution in [0.2, 0.25) is 0 Å². The van der Waals surface area contributed by atoms with Crippen molar-refractivity contribution in [3.05, 3.63) is 59.9 Å². The molecular weight excluding hydrogens is 366 g/mol. The number of ether oxygens (including phenoxy) is 1. The molecule has 1 aliphatic heterocycles. The predicted molar refractivity (Wildman–Crippen MR) is 103 cm³/mol. The van der Waals surface area contributed by atoms with Crippen LogP contribution < -0.4 is 5.32 Å². The minimum atomic E-state index is -3.55. The van der Waals surface area contributed by atoms with Crippen LogP contribution >= 0.6 is 0 Å². The molecule has 2 aromatic rings. The van der Waals surface area contributed by atoms with Gasteiger partial charge >= 0.3 is 0 Å². The maximum Gasteiger partial charge on any atom is 0.226 e. The van der Waals surface area contributed by atoms with Gasteiger partial charge in [-0.1, -0.05) is 30.3 Å². The van der Waals surface area contributed by atoms with Gasteiger partial charge in [0.25, 0.3) is 0 Å². The molecule has 7 nitrogen and oxygen atoms in total. The standard InChI is InChI=1S/C19H23N3O4S/c1-15-7-8-20-12-18(15)21-19(23)11-17-13-26-10-9-22(17)27(24,25)14-16-5-3-2-4-6-16/h2-8,12,17H,9-11,13-14H2,1H3,(H,21,23)/t17-/m1/s1. The maximum atomic E-state index is 12.9. The summed E-state index contributed by atoms with van der Waals surface area (Å²) in [5.74, 6) is -0.352. The number of nitrogens with zero attached hydrogens (tertiary/aromatic N) is 2. The Morgan fingerprint density at radius 3 is 2.81 bits per heavy atom. The van der Waals surface area contributed by atoms with E-state index in [-0.39, 0.29) is 31.2 Å². The average molecular weight is 389 g/mol. The van der Waals surface area contributed by atoms with Crippen LogP contribution in [0.5, 0.6) is 0 Å². The van der Waals surface area contributed by atoms with Crippen molar-refractivity contribution in [2.45, 2.75) is 25.1 Å². The number of nitrogens with one attached hydrogen (secondary N) is 1. The summed E-state index contributed by atoms with van der Waals surface area (Å²) >= 11 is 0. The third kappa shape index (κ3) is 5.12. The van der Waals surface area contributed by atoms with Crippen LogP contribution in [0.3, 0.4) is 0 Å². The molecular formula is C19H23N3O4S. The summed E-state index contributed by atoms with van der Waals surface area (Å²) in [6.07, 6.45) is 3.26. The summed E-state index contributed by atoms with van der Waals surface area (Å²) in [4.78, 5) is 16.4. The summed E-state index contributed by atoms with van der Waals surface area (Å²) in [6, 6.07) is 10.3. The first-order valence-corrected chi connectivity index (χ1v) is 10.4. The van der Waals surface area contributed by atoms with Crippen molar-refractivity contribution in [1.82, 2.24) is 9.29 Å². The Morgan fingerprint density at radius 2 is 2.07 bits per heavy atom. The van der Waals surface area contributed by atoms with E-state index in [4.69, 9.17) is 4.74 Å². The highest BCUT2D eigenvalue weighted by Gasteiger charge is 2.34. The number of sulfonamides is 1. The Hall–Kier alpha value is -2.29. The molecule has 1 aromatic carbocycles. The highest BCUT2D eigenvalue weighted by molar-refractivity contribution is 7.88. The number of hydrogen-bond acceptors (Lipinski definition) is 5. The van der Waals surface area contributed by atoms with E-state index in [2.05, 4.69) is 10.3 Å². The number of carbonyl (C=O) groups is 1. The Bertz CT molecular complexity index is 887. The van der Waals surface area contributed by atoms with Crippen molar-refractivity contribution < 1.29 is 17.9 Å². The molecule has 1 amide bonds. The van der Waals surface area contributed by atoms with Gasteiger partial charge in [0, 0.05) is 19.2 Å². The van der Waals surface area contributed by atoms with E-state index in [0.717, 1.165) is 11.1 Å². The lowest BCUT2D eigenvalue weighted by Gasteiger charge is -2.34. The zero-order chi connectivity index (χ0) is 19.3. The van der Waals surface area contributed by atoms with E-state index < -0.39 is 16.1 Å². The van der Waals surface area contributed by atoms with Gasteiger partial charge < -0.3 is 10.1 Å². The van der Waals surface area contributed by atoms with Crippen LogP contribution in [-0.4, -0.2) is 49.4 Å². The first kappa shape index (κ1) is 19.5. The molecule has 0 bridgehead atoms. The summed E-state index contributed by atoms with van der Waals surface area (Å²) in [6.45, 7) is 2.65. The van der Waals surface area contributed by atoms with Crippen molar-refractivity contribution in [2.24, 2.45) is 0 Å². The third-order valence-corrected chi connectivity index (χ3v) is 6.35. The van der Waals surface area contributed by atoms with E-state index in [1.54, 1.807) is 30.6 Å². The van der Waals surface area contributed by atoms with Gasteiger partial charge in [0.2, 0.25) is 15.9 Å². The number of morpholine rings is 1. The Morgan fingerprint density at radius 1 is 1.30 bits per heavy atom. The molecule has 144 valence electrons. The van der Waals surface area contributed by atoms with Gasteiger partial charge in [-0.3, -0.25) is 9.78 Å². The number of benzene rings is 1. The van der Waals surface area contributed by atoms with Crippen molar-refractivity contribution >= 4 is 21.6 Å². The Kier molecular flexibility index (Phi) is 6.20. The van der Waals surface area contributed by atoms with E-state index in [9.17, 15) is 13.2 Å². The lowest BCUT2D eigenvalue weighted by Crippen LogP contribution is -2.50. The van der Waals surface area contributed by atoms with Gasteiger partial charge in [0.1, 0.15) is 0 Å². The number of anilines is 1. The maximum absolute atomic E-state index is 12.9. The molecule has 8 heteroatoms. The normalized spacial score (nSPS) is 18.2. The Balaban J connectivity index is 1.69. The van der Waals surface area contributed by atoms with Crippen molar-refractivity contribution in [2.75, 3.05) is 25.1 Å². The van der Waals surface area contributed by atoms with Crippen LogP contribution in [-0.2, 0) is 25.3 Å². The van der Waals surface area contributed by atoms with Crippen LogP contribution in [0, 0.1) is 6.92 Å². The average Bonchev–Trinajstić information content (AvgIpc) is 2.64. The van der Waals surface area contributed by atoms with Gasteiger partial charge in [-0.2, -0.15) is 4.31 Å². The molecule has 3 rings (SSSR count).